The summed E-state index contributed by atoms with van der Waals surface area (Å²) in [5.41, 5.74) is 1.73. The van der Waals surface area contributed by atoms with Crippen molar-refractivity contribution in [2.75, 3.05) is 0 Å². The number of rotatable bonds is 7. The smallest absolute Gasteiger partial charge is 0.276 e. The number of para-hydroxylation sites is 1. The van der Waals surface area contributed by atoms with Crippen molar-refractivity contribution in [1.82, 2.24) is 4.83 Å². The van der Waals surface area contributed by atoms with E-state index in [1.54, 1.807) is 24.3 Å². The van der Waals surface area contributed by atoms with Gasteiger partial charge in [-0.05, 0) is 29.8 Å². The Morgan fingerprint density at radius 2 is 1.46 bits per heavy atom. The first-order valence-corrected chi connectivity index (χ1v) is 9.49. The summed E-state index contributed by atoms with van der Waals surface area (Å²) in [6.45, 7) is 0.418. The van der Waals surface area contributed by atoms with E-state index >= 15 is 0 Å². The molecular weight excluding hydrogens is 348 g/mol. The molecule has 0 aliphatic rings. The van der Waals surface area contributed by atoms with Gasteiger partial charge in [0.1, 0.15) is 12.4 Å². The van der Waals surface area contributed by atoms with E-state index in [9.17, 15) is 8.42 Å². The van der Waals surface area contributed by atoms with Gasteiger partial charge in [0.05, 0.1) is 11.1 Å². The highest BCUT2D eigenvalue weighted by Crippen LogP contribution is 2.17. The number of nitrogens with zero attached hydrogens (tertiary/aromatic N) is 1. The van der Waals surface area contributed by atoms with Crippen LogP contribution in [0.25, 0.3) is 0 Å². The molecule has 0 radical (unpaired) electrons. The van der Waals surface area contributed by atoms with Crippen molar-refractivity contribution in [2.24, 2.45) is 5.10 Å². The summed E-state index contributed by atoms with van der Waals surface area (Å²) in [4.78, 5) is 2.37. The molecular formula is C20H18N2O3S. The molecule has 0 spiro atoms. The Kier molecular flexibility index (Phi) is 5.66. The van der Waals surface area contributed by atoms with Crippen LogP contribution >= 0.6 is 0 Å². The molecule has 0 atom stereocenters. The average Bonchev–Trinajstić information content (AvgIpc) is 2.69. The van der Waals surface area contributed by atoms with E-state index in [4.69, 9.17) is 4.74 Å². The number of hydrogen-bond acceptors (Lipinski definition) is 4. The van der Waals surface area contributed by atoms with Crippen molar-refractivity contribution in [1.29, 1.82) is 0 Å². The fourth-order valence-corrected chi connectivity index (χ4v) is 3.08. The van der Waals surface area contributed by atoms with Crippen molar-refractivity contribution >= 4 is 16.2 Å². The lowest BCUT2D eigenvalue weighted by molar-refractivity contribution is 0.306. The summed E-state index contributed by atoms with van der Waals surface area (Å²) in [5, 5.41) is 3.86. The van der Waals surface area contributed by atoms with Crippen LogP contribution in [-0.4, -0.2) is 14.6 Å². The molecule has 6 heteroatoms. The highest BCUT2D eigenvalue weighted by atomic mass is 32.2. The highest BCUT2D eigenvalue weighted by Gasteiger charge is 2.11. The zero-order chi connectivity index (χ0) is 18.2. The largest absolute Gasteiger partial charge is 0.488 e. The maximum Gasteiger partial charge on any atom is 0.276 e. The Morgan fingerprint density at radius 3 is 2.19 bits per heavy atom. The number of hydrogen-bond donors (Lipinski definition) is 1. The SMILES string of the molecule is O=S(=O)(N/N=C/c1ccccc1OCc1ccccc1)c1ccccc1. The summed E-state index contributed by atoms with van der Waals surface area (Å²) in [7, 11) is -3.69. The molecule has 0 heterocycles. The van der Waals surface area contributed by atoms with Gasteiger partial charge in [-0.25, -0.2) is 4.83 Å². The minimum atomic E-state index is -3.69. The van der Waals surface area contributed by atoms with Crippen molar-refractivity contribution in [3.63, 3.8) is 0 Å². The van der Waals surface area contributed by atoms with E-state index in [0.29, 0.717) is 17.9 Å². The monoisotopic (exact) mass is 366 g/mol. The molecule has 3 rings (SSSR count). The molecule has 0 saturated heterocycles. The van der Waals surface area contributed by atoms with Crippen LogP contribution in [0.3, 0.4) is 0 Å². The second-order valence-corrected chi connectivity index (χ2v) is 7.14. The molecule has 132 valence electrons. The van der Waals surface area contributed by atoms with Crippen molar-refractivity contribution in [3.8, 4) is 5.75 Å². The molecule has 5 nitrogen and oxygen atoms in total. The Balaban J connectivity index is 1.69. The van der Waals surface area contributed by atoms with Crippen LogP contribution in [0.15, 0.2) is 94.9 Å². The maximum absolute atomic E-state index is 12.2. The minimum Gasteiger partial charge on any atom is -0.488 e. The number of nitrogens with one attached hydrogen (secondary N) is 1. The molecule has 26 heavy (non-hydrogen) atoms. The molecule has 0 bridgehead atoms. The first kappa shape index (κ1) is 17.7. The summed E-state index contributed by atoms with van der Waals surface area (Å²) in [6.07, 6.45) is 1.43. The molecule has 1 N–H and O–H groups in total. The second kappa shape index (κ2) is 8.31. The third kappa shape index (κ3) is 4.70. The summed E-state index contributed by atoms with van der Waals surface area (Å²) >= 11 is 0. The molecule has 0 saturated carbocycles. The first-order valence-electron chi connectivity index (χ1n) is 8.01. The van der Waals surface area contributed by atoms with Gasteiger partial charge < -0.3 is 4.74 Å². The minimum absolute atomic E-state index is 0.158. The van der Waals surface area contributed by atoms with Crippen LogP contribution in [0, 0.1) is 0 Å². The van der Waals surface area contributed by atoms with E-state index in [-0.39, 0.29) is 4.90 Å². The van der Waals surface area contributed by atoms with Crippen LogP contribution in [0.1, 0.15) is 11.1 Å². The lowest BCUT2D eigenvalue weighted by Crippen LogP contribution is -2.18. The Hall–Kier alpha value is -3.12. The van der Waals surface area contributed by atoms with E-state index in [1.807, 2.05) is 48.5 Å². The van der Waals surface area contributed by atoms with Crippen LogP contribution in [0.2, 0.25) is 0 Å². The summed E-state index contributed by atoms with van der Waals surface area (Å²) < 4.78 is 30.1. The van der Waals surface area contributed by atoms with Crippen molar-refractivity contribution < 1.29 is 13.2 Å². The van der Waals surface area contributed by atoms with Crippen LogP contribution < -0.4 is 9.57 Å². The van der Waals surface area contributed by atoms with Gasteiger partial charge in [0.15, 0.2) is 0 Å². The normalized spacial score (nSPS) is 11.4. The standard InChI is InChI=1S/C20H18N2O3S/c23-26(24,19-12-5-2-6-13-19)22-21-15-18-11-7-8-14-20(18)25-16-17-9-3-1-4-10-17/h1-15,22H,16H2/b21-15+. The maximum atomic E-state index is 12.2. The topological polar surface area (TPSA) is 67.8 Å². The Morgan fingerprint density at radius 1 is 0.846 bits per heavy atom. The zero-order valence-corrected chi connectivity index (χ0v) is 14.8. The quantitative estimate of drug-likeness (QED) is 0.513. The van der Waals surface area contributed by atoms with E-state index in [1.165, 1.54) is 18.3 Å². The summed E-state index contributed by atoms with van der Waals surface area (Å²) in [5.74, 6) is 0.624. The van der Waals surface area contributed by atoms with E-state index < -0.39 is 10.0 Å². The van der Waals surface area contributed by atoms with Crippen LogP contribution in [0.5, 0.6) is 5.75 Å². The number of benzene rings is 3. The van der Waals surface area contributed by atoms with Gasteiger partial charge in [-0.15, -0.1) is 0 Å². The predicted octanol–water partition coefficient (Wildman–Crippen LogP) is 3.58. The predicted molar refractivity (Wildman–Crippen MR) is 102 cm³/mol. The lowest BCUT2D eigenvalue weighted by Gasteiger charge is -2.09. The fraction of sp³-hybridized carbons (Fsp3) is 0.0500. The number of hydrazone groups is 1. The number of sulfonamides is 1. The van der Waals surface area contributed by atoms with Gasteiger partial charge in [-0.2, -0.15) is 13.5 Å². The average molecular weight is 366 g/mol. The van der Waals surface area contributed by atoms with Crippen molar-refractivity contribution in [2.45, 2.75) is 11.5 Å². The molecule has 0 aromatic heterocycles. The van der Waals surface area contributed by atoms with Gasteiger partial charge in [0.25, 0.3) is 10.0 Å². The molecule has 0 aliphatic carbocycles. The van der Waals surface area contributed by atoms with Crippen LogP contribution in [0.4, 0.5) is 0 Å². The Bertz CT molecular complexity index is 972. The zero-order valence-electron chi connectivity index (χ0n) is 13.9. The second-order valence-electron chi connectivity index (χ2n) is 5.48. The van der Waals surface area contributed by atoms with Gasteiger partial charge in [0, 0.05) is 5.56 Å². The molecule has 0 amide bonds. The molecule has 0 aliphatic heterocycles. The first-order chi connectivity index (χ1) is 12.6. The molecule has 0 fully saturated rings. The van der Waals surface area contributed by atoms with E-state index in [2.05, 4.69) is 9.93 Å². The molecule has 3 aromatic rings. The summed E-state index contributed by atoms with van der Waals surface area (Å²) in [6, 6.07) is 25.2. The van der Waals surface area contributed by atoms with E-state index in [0.717, 1.165) is 5.56 Å². The lowest BCUT2D eigenvalue weighted by atomic mass is 10.2. The van der Waals surface area contributed by atoms with Gasteiger partial charge in [-0.3, -0.25) is 0 Å². The van der Waals surface area contributed by atoms with Crippen molar-refractivity contribution in [3.05, 3.63) is 96.1 Å². The van der Waals surface area contributed by atoms with Crippen LogP contribution in [-0.2, 0) is 16.6 Å². The molecule has 3 aromatic carbocycles. The fourth-order valence-electron chi connectivity index (χ4n) is 2.27. The Labute approximate surface area is 153 Å². The van der Waals surface area contributed by atoms with Gasteiger partial charge in [-0.1, -0.05) is 60.7 Å². The third-order valence-electron chi connectivity index (χ3n) is 3.59. The highest BCUT2D eigenvalue weighted by molar-refractivity contribution is 7.89. The van der Waals surface area contributed by atoms with Gasteiger partial charge in [0.2, 0.25) is 0 Å². The number of ether oxygens (including phenoxy) is 1. The molecule has 0 unspecified atom stereocenters. The third-order valence-corrected chi connectivity index (χ3v) is 4.82. The van der Waals surface area contributed by atoms with Gasteiger partial charge >= 0.3 is 0 Å².